The molecular formula is C23H32N4O3S. The molecule has 7 nitrogen and oxygen atoms in total. The third-order valence-corrected chi connectivity index (χ3v) is 7.20. The van der Waals surface area contributed by atoms with E-state index >= 15 is 0 Å². The SMILES string of the molecule is CS(=O)(=O)N[C@H]1CCN(c2ccccn2)C[C@H]1COC1CCC(c2ccncc2)CC1. The minimum Gasteiger partial charge on any atom is -0.378 e. The zero-order valence-electron chi connectivity index (χ0n) is 18.1. The van der Waals surface area contributed by atoms with Gasteiger partial charge in [0.1, 0.15) is 5.82 Å². The Balaban J connectivity index is 1.34. The Hall–Kier alpha value is -2.03. The van der Waals surface area contributed by atoms with Gasteiger partial charge in [0.15, 0.2) is 0 Å². The molecule has 4 rings (SSSR count). The van der Waals surface area contributed by atoms with Gasteiger partial charge in [0, 0.05) is 43.6 Å². The van der Waals surface area contributed by atoms with Gasteiger partial charge in [-0.2, -0.15) is 0 Å². The number of nitrogens with one attached hydrogen (secondary N) is 1. The van der Waals surface area contributed by atoms with Gasteiger partial charge < -0.3 is 9.64 Å². The molecule has 0 radical (unpaired) electrons. The van der Waals surface area contributed by atoms with Gasteiger partial charge in [0.05, 0.1) is 19.0 Å². The molecule has 31 heavy (non-hydrogen) atoms. The third kappa shape index (κ3) is 6.24. The number of pyridine rings is 2. The number of aromatic nitrogens is 2. The summed E-state index contributed by atoms with van der Waals surface area (Å²) in [7, 11) is -3.26. The lowest BCUT2D eigenvalue weighted by Gasteiger charge is -2.40. The Morgan fingerprint density at radius 3 is 2.52 bits per heavy atom. The summed E-state index contributed by atoms with van der Waals surface area (Å²) in [5.74, 6) is 1.60. The van der Waals surface area contributed by atoms with Crippen molar-refractivity contribution in [2.45, 2.75) is 50.2 Å². The molecule has 0 unspecified atom stereocenters. The summed E-state index contributed by atoms with van der Waals surface area (Å²) >= 11 is 0. The maximum Gasteiger partial charge on any atom is 0.208 e. The summed E-state index contributed by atoms with van der Waals surface area (Å²) < 4.78 is 33.0. The maximum atomic E-state index is 11.9. The van der Waals surface area contributed by atoms with Crippen molar-refractivity contribution in [3.8, 4) is 0 Å². The second kappa shape index (κ2) is 10.1. The van der Waals surface area contributed by atoms with Crippen molar-refractivity contribution in [3.05, 3.63) is 54.5 Å². The van der Waals surface area contributed by atoms with Gasteiger partial charge in [0.25, 0.3) is 0 Å². The van der Waals surface area contributed by atoms with Gasteiger partial charge in [0.2, 0.25) is 10.0 Å². The molecule has 1 aliphatic heterocycles. The maximum absolute atomic E-state index is 11.9. The van der Waals surface area contributed by atoms with Crippen molar-refractivity contribution in [1.82, 2.24) is 14.7 Å². The molecule has 1 aliphatic carbocycles. The van der Waals surface area contributed by atoms with E-state index in [2.05, 4.69) is 31.7 Å². The molecule has 3 heterocycles. The van der Waals surface area contributed by atoms with E-state index in [-0.39, 0.29) is 18.1 Å². The number of nitrogens with zero attached hydrogens (tertiary/aromatic N) is 3. The monoisotopic (exact) mass is 444 g/mol. The Kier molecular flexibility index (Phi) is 7.20. The number of rotatable bonds is 7. The predicted octanol–water partition coefficient (Wildman–Crippen LogP) is 2.96. The van der Waals surface area contributed by atoms with E-state index < -0.39 is 10.0 Å². The molecule has 1 N–H and O–H groups in total. The highest BCUT2D eigenvalue weighted by atomic mass is 32.2. The number of piperidine rings is 1. The largest absolute Gasteiger partial charge is 0.378 e. The molecule has 2 aromatic rings. The Morgan fingerprint density at radius 2 is 1.84 bits per heavy atom. The summed E-state index contributed by atoms with van der Waals surface area (Å²) in [6.45, 7) is 2.06. The first kappa shape index (κ1) is 22.2. The van der Waals surface area contributed by atoms with Crippen molar-refractivity contribution in [2.75, 3.05) is 30.9 Å². The van der Waals surface area contributed by atoms with Gasteiger partial charge in [-0.15, -0.1) is 0 Å². The highest BCUT2D eigenvalue weighted by Gasteiger charge is 2.33. The fraction of sp³-hybridized carbons (Fsp3) is 0.565. The van der Waals surface area contributed by atoms with Crippen LogP contribution in [0.1, 0.15) is 43.6 Å². The van der Waals surface area contributed by atoms with Crippen molar-refractivity contribution in [1.29, 1.82) is 0 Å². The molecule has 2 fully saturated rings. The summed E-state index contributed by atoms with van der Waals surface area (Å²) in [6.07, 6.45) is 12.0. The molecule has 1 saturated carbocycles. The normalized spacial score (nSPS) is 27.2. The first-order chi connectivity index (χ1) is 15.0. The van der Waals surface area contributed by atoms with Crippen LogP contribution < -0.4 is 9.62 Å². The Morgan fingerprint density at radius 1 is 1.06 bits per heavy atom. The van der Waals surface area contributed by atoms with Crippen LogP contribution in [0.2, 0.25) is 0 Å². The number of hydrogen-bond acceptors (Lipinski definition) is 6. The van der Waals surface area contributed by atoms with E-state index in [0.717, 1.165) is 51.0 Å². The van der Waals surface area contributed by atoms with E-state index in [9.17, 15) is 8.42 Å². The van der Waals surface area contributed by atoms with Crippen molar-refractivity contribution in [3.63, 3.8) is 0 Å². The zero-order valence-corrected chi connectivity index (χ0v) is 18.9. The number of sulfonamides is 1. The Bertz CT molecular complexity index is 918. The van der Waals surface area contributed by atoms with E-state index in [1.807, 2.05) is 30.6 Å². The number of ether oxygens (including phenoxy) is 1. The molecule has 0 spiro atoms. The second-order valence-electron chi connectivity index (χ2n) is 8.77. The lowest BCUT2D eigenvalue weighted by Crippen LogP contribution is -2.52. The van der Waals surface area contributed by atoms with Crippen molar-refractivity contribution in [2.24, 2.45) is 5.92 Å². The van der Waals surface area contributed by atoms with Crippen LogP contribution in [0.25, 0.3) is 0 Å². The highest BCUT2D eigenvalue weighted by Crippen LogP contribution is 2.34. The van der Waals surface area contributed by atoms with Crippen LogP contribution in [0.4, 0.5) is 5.82 Å². The standard InChI is InChI=1S/C23H32N4O3S/c1-31(28,29)26-22-11-15-27(23-4-2-3-12-25-23)16-20(22)17-30-21-7-5-18(6-8-21)19-9-13-24-14-10-19/h2-4,9-10,12-14,18,20-22,26H,5-8,11,15-17H2,1H3/t18?,20-,21?,22-/m0/s1. The topological polar surface area (TPSA) is 84.4 Å². The minimum absolute atomic E-state index is 0.0865. The third-order valence-electron chi connectivity index (χ3n) is 6.47. The first-order valence-corrected chi connectivity index (χ1v) is 13.0. The van der Waals surface area contributed by atoms with Crippen molar-refractivity contribution >= 4 is 15.8 Å². The second-order valence-corrected chi connectivity index (χ2v) is 10.5. The molecular weight excluding hydrogens is 412 g/mol. The van der Waals surface area contributed by atoms with Gasteiger partial charge in [-0.25, -0.2) is 18.1 Å². The van der Waals surface area contributed by atoms with Crippen LogP contribution >= 0.6 is 0 Å². The molecule has 8 heteroatoms. The van der Waals surface area contributed by atoms with E-state index in [1.165, 1.54) is 11.8 Å². The molecule has 0 aromatic carbocycles. The van der Waals surface area contributed by atoms with Crippen LogP contribution in [0.5, 0.6) is 0 Å². The zero-order chi connectivity index (χ0) is 21.7. The van der Waals surface area contributed by atoms with Crippen LogP contribution in [0.15, 0.2) is 48.9 Å². The van der Waals surface area contributed by atoms with E-state index in [4.69, 9.17) is 4.74 Å². The van der Waals surface area contributed by atoms with E-state index in [1.54, 1.807) is 6.20 Å². The van der Waals surface area contributed by atoms with Crippen LogP contribution in [-0.2, 0) is 14.8 Å². The Labute approximate surface area is 185 Å². The van der Waals surface area contributed by atoms with Gasteiger partial charge in [-0.1, -0.05) is 6.07 Å². The lowest BCUT2D eigenvalue weighted by molar-refractivity contribution is -0.00213. The lowest BCUT2D eigenvalue weighted by atomic mass is 9.83. The summed E-state index contributed by atoms with van der Waals surface area (Å²) in [6, 6.07) is 10.0. The fourth-order valence-electron chi connectivity index (χ4n) is 4.84. The summed E-state index contributed by atoms with van der Waals surface area (Å²) in [4.78, 5) is 10.8. The molecule has 2 aliphatic rings. The summed E-state index contributed by atoms with van der Waals surface area (Å²) in [5.41, 5.74) is 1.36. The summed E-state index contributed by atoms with van der Waals surface area (Å²) in [5, 5.41) is 0. The number of hydrogen-bond donors (Lipinski definition) is 1. The predicted molar refractivity (Wildman–Crippen MR) is 122 cm³/mol. The quantitative estimate of drug-likeness (QED) is 0.707. The van der Waals surface area contributed by atoms with Crippen LogP contribution in [-0.4, -0.2) is 56.5 Å². The molecule has 2 aromatic heterocycles. The minimum atomic E-state index is -3.26. The van der Waals surface area contributed by atoms with Gasteiger partial charge >= 0.3 is 0 Å². The smallest absolute Gasteiger partial charge is 0.208 e. The molecule has 1 saturated heterocycles. The van der Waals surface area contributed by atoms with Crippen molar-refractivity contribution < 1.29 is 13.2 Å². The number of anilines is 1. The highest BCUT2D eigenvalue weighted by molar-refractivity contribution is 7.88. The van der Waals surface area contributed by atoms with Gasteiger partial charge in [-0.3, -0.25) is 4.98 Å². The van der Waals surface area contributed by atoms with Gasteiger partial charge in [-0.05, 0) is 67.9 Å². The van der Waals surface area contributed by atoms with Crippen LogP contribution in [0.3, 0.4) is 0 Å². The molecule has 0 amide bonds. The molecule has 2 atom stereocenters. The van der Waals surface area contributed by atoms with Crippen LogP contribution in [0, 0.1) is 5.92 Å². The molecule has 0 bridgehead atoms. The average molecular weight is 445 g/mol. The average Bonchev–Trinajstić information content (AvgIpc) is 2.79. The fourth-order valence-corrected chi connectivity index (χ4v) is 5.70. The van der Waals surface area contributed by atoms with E-state index in [0.29, 0.717) is 12.5 Å². The molecule has 168 valence electrons. The first-order valence-electron chi connectivity index (χ1n) is 11.1.